The zero-order chi connectivity index (χ0) is 14.1. The van der Waals surface area contributed by atoms with Gasteiger partial charge in [0.1, 0.15) is 0 Å². The average Bonchev–Trinajstić information content (AvgIpc) is 2.39. The SMILES string of the molecule is C#CCCOc1ccc(CNC(C)C)cc1OCC. The molecular weight excluding hydrogens is 238 g/mol. The van der Waals surface area contributed by atoms with E-state index in [2.05, 4.69) is 25.1 Å². The van der Waals surface area contributed by atoms with E-state index in [4.69, 9.17) is 15.9 Å². The van der Waals surface area contributed by atoms with Crippen LogP contribution in [0.2, 0.25) is 0 Å². The van der Waals surface area contributed by atoms with Gasteiger partial charge in [-0.1, -0.05) is 19.9 Å². The van der Waals surface area contributed by atoms with Crippen LogP contribution in [0.4, 0.5) is 0 Å². The van der Waals surface area contributed by atoms with Crippen LogP contribution < -0.4 is 14.8 Å². The van der Waals surface area contributed by atoms with Crippen LogP contribution >= 0.6 is 0 Å². The van der Waals surface area contributed by atoms with Crippen LogP contribution in [0.25, 0.3) is 0 Å². The topological polar surface area (TPSA) is 30.5 Å². The lowest BCUT2D eigenvalue weighted by atomic mass is 10.2. The molecular formula is C16H23NO2. The molecule has 0 aliphatic heterocycles. The van der Waals surface area contributed by atoms with Crippen molar-refractivity contribution in [3.05, 3.63) is 23.8 Å². The Morgan fingerprint density at radius 3 is 2.68 bits per heavy atom. The van der Waals surface area contributed by atoms with Crippen LogP contribution in [0, 0.1) is 12.3 Å². The second-order valence-electron chi connectivity index (χ2n) is 4.55. The Morgan fingerprint density at radius 1 is 1.26 bits per heavy atom. The van der Waals surface area contributed by atoms with Gasteiger partial charge < -0.3 is 14.8 Å². The Kier molecular flexibility index (Phi) is 6.84. The molecule has 3 heteroatoms. The number of terminal acetylenes is 1. The molecule has 0 aliphatic carbocycles. The summed E-state index contributed by atoms with van der Waals surface area (Å²) < 4.78 is 11.2. The van der Waals surface area contributed by atoms with Crippen molar-refractivity contribution in [3.63, 3.8) is 0 Å². The van der Waals surface area contributed by atoms with Crippen molar-refractivity contribution in [2.75, 3.05) is 13.2 Å². The molecule has 19 heavy (non-hydrogen) atoms. The molecule has 0 amide bonds. The molecule has 0 aromatic heterocycles. The first kappa shape index (κ1) is 15.4. The van der Waals surface area contributed by atoms with E-state index < -0.39 is 0 Å². The number of nitrogens with one attached hydrogen (secondary N) is 1. The van der Waals surface area contributed by atoms with E-state index in [0.29, 0.717) is 25.7 Å². The molecule has 1 rings (SSSR count). The van der Waals surface area contributed by atoms with E-state index in [0.717, 1.165) is 18.0 Å². The van der Waals surface area contributed by atoms with E-state index in [-0.39, 0.29) is 0 Å². The first-order valence-corrected chi connectivity index (χ1v) is 6.72. The van der Waals surface area contributed by atoms with Crippen molar-refractivity contribution in [2.24, 2.45) is 0 Å². The van der Waals surface area contributed by atoms with E-state index >= 15 is 0 Å². The third-order valence-corrected chi connectivity index (χ3v) is 2.53. The maximum absolute atomic E-state index is 5.62. The molecule has 0 saturated heterocycles. The van der Waals surface area contributed by atoms with Gasteiger partial charge in [-0.05, 0) is 24.6 Å². The summed E-state index contributed by atoms with van der Waals surface area (Å²) in [6.07, 6.45) is 5.81. The summed E-state index contributed by atoms with van der Waals surface area (Å²) in [6, 6.07) is 6.47. The molecule has 0 aliphatic rings. The van der Waals surface area contributed by atoms with Gasteiger partial charge in [0.2, 0.25) is 0 Å². The fraction of sp³-hybridized carbons (Fsp3) is 0.500. The van der Waals surface area contributed by atoms with E-state index in [1.807, 2.05) is 25.1 Å². The highest BCUT2D eigenvalue weighted by atomic mass is 16.5. The van der Waals surface area contributed by atoms with Gasteiger partial charge in [-0.25, -0.2) is 0 Å². The molecule has 3 nitrogen and oxygen atoms in total. The van der Waals surface area contributed by atoms with E-state index in [9.17, 15) is 0 Å². The molecule has 0 atom stereocenters. The summed E-state index contributed by atoms with van der Waals surface area (Å²) in [5.74, 6) is 4.09. The molecule has 0 heterocycles. The van der Waals surface area contributed by atoms with Crippen molar-refractivity contribution in [3.8, 4) is 23.8 Å². The maximum Gasteiger partial charge on any atom is 0.161 e. The summed E-state index contributed by atoms with van der Waals surface area (Å²) in [7, 11) is 0. The summed E-state index contributed by atoms with van der Waals surface area (Å²) >= 11 is 0. The zero-order valence-electron chi connectivity index (χ0n) is 12.0. The maximum atomic E-state index is 5.62. The van der Waals surface area contributed by atoms with Gasteiger partial charge in [-0.3, -0.25) is 0 Å². The van der Waals surface area contributed by atoms with Crippen molar-refractivity contribution >= 4 is 0 Å². The Labute approximate surface area is 116 Å². The Hall–Kier alpha value is -1.66. The van der Waals surface area contributed by atoms with Crippen molar-refractivity contribution in [1.29, 1.82) is 0 Å². The molecule has 0 saturated carbocycles. The normalized spacial score (nSPS) is 10.3. The molecule has 0 radical (unpaired) electrons. The average molecular weight is 261 g/mol. The standard InChI is InChI=1S/C16H23NO2/c1-5-7-10-19-15-9-8-14(12-17-13(3)4)11-16(15)18-6-2/h1,8-9,11,13,17H,6-7,10,12H2,2-4H3. The van der Waals surface area contributed by atoms with E-state index in [1.165, 1.54) is 5.56 Å². The highest BCUT2D eigenvalue weighted by Crippen LogP contribution is 2.28. The van der Waals surface area contributed by atoms with Crippen LogP contribution in [-0.4, -0.2) is 19.3 Å². The van der Waals surface area contributed by atoms with Crippen LogP contribution in [-0.2, 0) is 6.54 Å². The van der Waals surface area contributed by atoms with E-state index in [1.54, 1.807) is 0 Å². The third-order valence-electron chi connectivity index (χ3n) is 2.53. The Balaban J connectivity index is 2.73. The Morgan fingerprint density at radius 2 is 2.05 bits per heavy atom. The molecule has 1 aromatic carbocycles. The van der Waals surface area contributed by atoms with Crippen LogP contribution in [0.15, 0.2) is 18.2 Å². The van der Waals surface area contributed by atoms with Crippen molar-refractivity contribution in [1.82, 2.24) is 5.32 Å². The van der Waals surface area contributed by atoms with Gasteiger partial charge in [-0.2, -0.15) is 0 Å². The highest BCUT2D eigenvalue weighted by molar-refractivity contribution is 5.43. The predicted molar refractivity (Wildman–Crippen MR) is 78.5 cm³/mol. The third kappa shape index (κ3) is 5.67. The van der Waals surface area contributed by atoms with Gasteiger partial charge in [-0.15, -0.1) is 12.3 Å². The van der Waals surface area contributed by atoms with Crippen LogP contribution in [0.3, 0.4) is 0 Å². The lowest BCUT2D eigenvalue weighted by Crippen LogP contribution is -2.21. The lowest BCUT2D eigenvalue weighted by Gasteiger charge is -2.14. The molecule has 0 bridgehead atoms. The minimum absolute atomic E-state index is 0.460. The first-order chi connectivity index (χ1) is 9.17. The smallest absolute Gasteiger partial charge is 0.161 e. The van der Waals surface area contributed by atoms with Crippen LogP contribution in [0.1, 0.15) is 32.8 Å². The van der Waals surface area contributed by atoms with Crippen LogP contribution in [0.5, 0.6) is 11.5 Å². The lowest BCUT2D eigenvalue weighted by molar-refractivity contribution is 0.281. The van der Waals surface area contributed by atoms with Gasteiger partial charge in [0.15, 0.2) is 11.5 Å². The first-order valence-electron chi connectivity index (χ1n) is 6.72. The van der Waals surface area contributed by atoms with Crippen molar-refractivity contribution in [2.45, 2.75) is 39.8 Å². The quantitative estimate of drug-likeness (QED) is 0.576. The fourth-order valence-corrected chi connectivity index (χ4v) is 1.59. The molecule has 0 fully saturated rings. The number of hydrogen-bond acceptors (Lipinski definition) is 3. The largest absolute Gasteiger partial charge is 0.490 e. The fourth-order valence-electron chi connectivity index (χ4n) is 1.59. The summed E-state index contributed by atoms with van der Waals surface area (Å²) in [4.78, 5) is 0. The number of hydrogen-bond donors (Lipinski definition) is 1. The summed E-state index contributed by atoms with van der Waals surface area (Å²) in [6.45, 7) is 8.17. The summed E-state index contributed by atoms with van der Waals surface area (Å²) in [5.41, 5.74) is 1.18. The Bertz CT molecular complexity index is 421. The molecule has 0 spiro atoms. The molecule has 1 aromatic rings. The monoisotopic (exact) mass is 261 g/mol. The predicted octanol–water partition coefficient (Wildman–Crippen LogP) is 2.99. The van der Waals surface area contributed by atoms with Crippen molar-refractivity contribution < 1.29 is 9.47 Å². The molecule has 1 N–H and O–H groups in total. The minimum Gasteiger partial charge on any atom is -0.490 e. The minimum atomic E-state index is 0.460. The van der Waals surface area contributed by atoms with Gasteiger partial charge in [0, 0.05) is 19.0 Å². The molecule has 0 unspecified atom stereocenters. The van der Waals surface area contributed by atoms with Gasteiger partial charge in [0.25, 0.3) is 0 Å². The van der Waals surface area contributed by atoms with Gasteiger partial charge >= 0.3 is 0 Å². The second kappa shape index (κ2) is 8.44. The highest BCUT2D eigenvalue weighted by Gasteiger charge is 2.06. The number of rotatable bonds is 8. The number of ether oxygens (including phenoxy) is 2. The second-order valence-corrected chi connectivity index (χ2v) is 4.55. The molecule has 104 valence electrons. The number of benzene rings is 1. The van der Waals surface area contributed by atoms with Gasteiger partial charge in [0.05, 0.1) is 13.2 Å². The zero-order valence-corrected chi connectivity index (χ0v) is 12.0. The summed E-state index contributed by atoms with van der Waals surface area (Å²) in [5, 5.41) is 3.38.